The summed E-state index contributed by atoms with van der Waals surface area (Å²) in [5.41, 5.74) is 0.651. The minimum Gasteiger partial charge on any atom is -0.507 e. The van der Waals surface area contributed by atoms with Gasteiger partial charge in [-0.1, -0.05) is 52.2 Å². The van der Waals surface area contributed by atoms with Gasteiger partial charge in [0.05, 0.1) is 33.0 Å². The molecule has 0 spiro atoms. The van der Waals surface area contributed by atoms with Gasteiger partial charge in [0.25, 0.3) is 0 Å². The zero-order valence-electron chi connectivity index (χ0n) is 79.4. The molecule has 15 atom stereocenters. The number of phenolic OH excluding ortho intramolecular Hbond substituents is 1. The number of carbonyl (C=O) groups is 20. The van der Waals surface area contributed by atoms with Gasteiger partial charge in [0.1, 0.15) is 114 Å². The standard InChI is InChI=1S/C26H34O13.C26H32O13.C22H26O13.C12H14O4.C8H6O4/c2*1-6-7-10-33-25(32)19-11-18(12-27)8-9-20(19)38-26-24(37-17(5)31)23(36-16(4)30)22(35-15(3)29)21(39-26)13-34-14(2)28;1-10(24)30-9-17-18(31-11(2)25)19(32-12(3)26)20(33-13(4)27)22(35-17)34-16-6-5-14(8-23)7-15(16)21(28)29;1-2-3-6-16-12(15)10-7-9(8-13)4-5-11(10)14;9-4-5-1-2-7(10)6(3-5)8(11)12/h8-9,11,21-24,26-27H,6-7,10,12-13H2,1-5H3;8-9,11-12,21-24,26H,6-7,10,13H2,1-5H3;5-7,17-20,22-23H,8-9H2,1-4H3,(H,28,29);4-5,7-8,14H,2-3,6H2,1H3;1-4,10H,(H,11,12)/t2*21-,22+,23+,24-,26?;17-,18+,19+,20-,22?;;/m111../s1. The Bertz CT molecular complexity index is 5190. The van der Waals surface area contributed by atoms with Gasteiger partial charge in [0, 0.05) is 99.8 Å². The molecule has 8 rings (SSSR count). The van der Waals surface area contributed by atoms with E-state index in [0.717, 1.165) is 115 Å². The van der Waals surface area contributed by atoms with Gasteiger partial charge in [-0.2, -0.15) is 0 Å². The van der Waals surface area contributed by atoms with Crippen LogP contribution in [0.4, 0.5) is 0 Å². The fraction of sp³-hybridized carbons (Fsp3) is 0.468. The molecule has 0 aliphatic carbocycles. The van der Waals surface area contributed by atoms with E-state index in [0.29, 0.717) is 49.4 Å². The third-order valence-electron chi connectivity index (χ3n) is 18.8. The van der Waals surface area contributed by atoms with Crippen molar-refractivity contribution in [2.75, 3.05) is 39.6 Å². The van der Waals surface area contributed by atoms with Crippen LogP contribution in [0, 0.1) is 0 Å². The fourth-order valence-corrected chi connectivity index (χ4v) is 12.7. The molecule has 3 heterocycles. The van der Waals surface area contributed by atoms with Gasteiger partial charge < -0.3 is 130 Å². The summed E-state index contributed by atoms with van der Waals surface area (Å²) >= 11 is 0. The number of phenols is 2. The van der Waals surface area contributed by atoms with E-state index in [-0.39, 0.29) is 93.1 Å². The van der Waals surface area contributed by atoms with Gasteiger partial charge in [-0.15, -0.1) is 0 Å². The molecule has 3 unspecified atom stereocenters. The maximum Gasteiger partial charge on any atom is 0.341 e. The molecular weight excluding hydrogens is 1880 g/mol. The maximum absolute atomic E-state index is 12.8. The number of rotatable bonds is 40. The third kappa shape index (κ3) is 39.7. The molecule has 0 amide bonds. The largest absolute Gasteiger partial charge is 0.507 e. The zero-order valence-corrected chi connectivity index (χ0v) is 79.4. The first-order valence-electron chi connectivity index (χ1n) is 43.2. The van der Waals surface area contributed by atoms with Crippen LogP contribution >= 0.6 is 0 Å². The molecule has 141 heavy (non-hydrogen) atoms. The fourth-order valence-electron chi connectivity index (χ4n) is 12.7. The Morgan fingerprint density at radius 1 is 0.291 bits per heavy atom. The number of carboxylic acids is 2. The molecule has 0 radical (unpaired) electrons. The molecule has 47 nitrogen and oxygen atoms in total. The second-order valence-corrected chi connectivity index (χ2v) is 30.3. The Kier molecular flexibility index (Phi) is 50.2. The number of unbranched alkanes of at least 4 members (excludes halogenated alkanes) is 3. The summed E-state index contributed by atoms with van der Waals surface area (Å²) in [7, 11) is 0. The van der Waals surface area contributed by atoms with Gasteiger partial charge in [0.15, 0.2) is 36.6 Å². The van der Waals surface area contributed by atoms with Crippen LogP contribution in [0.1, 0.15) is 236 Å². The lowest BCUT2D eigenvalue weighted by Gasteiger charge is -2.44. The average molecular weight is 1990 g/mol. The van der Waals surface area contributed by atoms with Crippen LogP contribution in [0.2, 0.25) is 0 Å². The first-order chi connectivity index (χ1) is 66.7. The molecule has 0 bridgehead atoms. The highest BCUT2D eigenvalue weighted by molar-refractivity contribution is 5.97. The van der Waals surface area contributed by atoms with Crippen molar-refractivity contribution in [3.8, 4) is 28.7 Å². The third-order valence-corrected chi connectivity index (χ3v) is 18.8. The quantitative estimate of drug-likeness (QED) is 0.0100. The molecule has 47 heteroatoms. The van der Waals surface area contributed by atoms with Crippen molar-refractivity contribution >= 4 is 120 Å². The van der Waals surface area contributed by atoms with Crippen LogP contribution in [-0.2, 0) is 156 Å². The highest BCUT2D eigenvalue weighted by atomic mass is 16.8. The van der Waals surface area contributed by atoms with E-state index < -0.39 is 220 Å². The topological polar surface area (TPSA) is 657 Å². The molecule has 6 N–H and O–H groups in total. The lowest BCUT2D eigenvalue weighted by atomic mass is 9.98. The normalized spacial score (nSPS) is 20.0. The Morgan fingerprint density at radius 2 is 0.532 bits per heavy atom. The van der Waals surface area contributed by atoms with E-state index in [2.05, 4.69) is 0 Å². The summed E-state index contributed by atoms with van der Waals surface area (Å²) < 4.78 is 114. The van der Waals surface area contributed by atoms with Crippen LogP contribution in [0.15, 0.2) is 91.0 Å². The van der Waals surface area contributed by atoms with Crippen LogP contribution < -0.4 is 14.2 Å². The summed E-state index contributed by atoms with van der Waals surface area (Å²) in [6.45, 7) is 17.5. The highest BCUT2D eigenvalue weighted by Crippen LogP contribution is 2.38. The summed E-state index contributed by atoms with van der Waals surface area (Å²) in [4.78, 5) is 233. The molecule has 0 aromatic heterocycles. The number of hydrogen-bond donors (Lipinski definition) is 6. The maximum atomic E-state index is 12.8. The van der Waals surface area contributed by atoms with Crippen molar-refractivity contribution < 1.29 is 226 Å². The number of aliphatic hydroxyl groups excluding tert-OH is 2. The number of hydrogen-bond acceptors (Lipinski definition) is 45. The van der Waals surface area contributed by atoms with E-state index in [9.17, 15) is 116 Å². The average Bonchev–Trinajstić information content (AvgIpc) is 0.827. The summed E-state index contributed by atoms with van der Waals surface area (Å²) in [5.74, 6) is -14.9. The van der Waals surface area contributed by atoms with Gasteiger partial charge in [-0.05, 0) is 109 Å². The number of aromatic hydroxyl groups is 2. The van der Waals surface area contributed by atoms with E-state index in [1.807, 2.05) is 20.8 Å². The minimum atomic E-state index is -1.59. The van der Waals surface area contributed by atoms with Crippen molar-refractivity contribution in [3.05, 3.63) is 147 Å². The van der Waals surface area contributed by atoms with Crippen molar-refractivity contribution in [1.29, 1.82) is 0 Å². The predicted octanol–water partition coefficient (Wildman–Crippen LogP) is 6.92. The van der Waals surface area contributed by atoms with E-state index >= 15 is 0 Å². The SMILES string of the molecule is CC(=O)OC[C@H]1OC(Oc2ccc(CO)cc2C(=O)O)[C@H](OC(C)=O)[C@@H](OC(C)=O)[C@H]1OC(C)=O.CCCCOC(=O)c1cc(C=O)ccc1O.CCCCOC(=O)c1cc(C=O)ccc1OC1O[C@H](COC(C)=O)[C@H](OC(C)=O)[C@H](OC(C)=O)[C@H]1OC(C)=O.CCCCOC(=O)c1cc(CO)ccc1OC1O[C@H](COC(C)=O)[C@H](OC(C)=O)[C@H](OC(C)=O)[C@H]1OC(C)=O.O=Cc1ccc(O)c(C(=O)O)c1. The summed E-state index contributed by atoms with van der Waals surface area (Å²) in [6, 6.07) is 19.7. The van der Waals surface area contributed by atoms with Crippen molar-refractivity contribution in [2.45, 2.75) is 248 Å². The monoisotopic (exact) mass is 1990 g/mol. The van der Waals surface area contributed by atoms with Crippen molar-refractivity contribution in [3.63, 3.8) is 0 Å². The molecule has 0 saturated carbocycles. The van der Waals surface area contributed by atoms with Crippen LogP contribution in [0.5, 0.6) is 28.7 Å². The molecule has 3 saturated heterocycles. The summed E-state index contributed by atoms with van der Waals surface area (Å²) in [6.07, 6.45) is -15.2. The van der Waals surface area contributed by atoms with E-state index in [1.54, 1.807) is 0 Å². The molecule has 3 aliphatic rings. The predicted molar refractivity (Wildman–Crippen MR) is 471 cm³/mol. The van der Waals surface area contributed by atoms with Crippen molar-refractivity contribution in [2.24, 2.45) is 0 Å². The Hall–Kier alpha value is -15.1. The molecule has 3 fully saturated rings. The molecule has 3 aliphatic heterocycles. The molecular formula is C94H112O47. The first-order valence-corrected chi connectivity index (χ1v) is 43.2. The van der Waals surface area contributed by atoms with E-state index in [4.69, 9.17) is 110 Å². The smallest absolute Gasteiger partial charge is 0.341 e. The van der Waals surface area contributed by atoms with E-state index in [1.165, 1.54) is 84.9 Å². The number of ether oxygens (including phenoxy) is 21. The zero-order chi connectivity index (χ0) is 106. The second-order valence-electron chi connectivity index (χ2n) is 30.3. The van der Waals surface area contributed by atoms with Gasteiger partial charge >= 0.3 is 101 Å². The summed E-state index contributed by atoms with van der Waals surface area (Å²) in [5, 5.41) is 55.4. The Labute approximate surface area is 805 Å². The van der Waals surface area contributed by atoms with Crippen LogP contribution in [0.25, 0.3) is 0 Å². The number of carbonyl (C=O) groups excluding carboxylic acids is 18. The first kappa shape index (κ1) is 118. The lowest BCUT2D eigenvalue weighted by Crippen LogP contribution is -2.63. The number of aromatic carboxylic acids is 2. The Balaban J connectivity index is 0.000000387. The van der Waals surface area contributed by atoms with Gasteiger partial charge in [0.2, 0.25) is 37.2 Å². The van der Waals surface area contributed by atoms with Crippen LogP contribution in [-0.4, -0.2) is 283 Å². The molecule has 5 aromatic rings. The second kappa shape index (κ2) is 59.9. The number of aldehydes is 3. The minimum absolute atomic E-state index is 0.0284. The van der Waals surface area contributed by atoms with Crippen molar-refractivity contribution in [1.82, 2.24) is 0 Å². The lowest BCUT2D eigenvalue weighted by molar-refractivity contribution is -0.288. The van der Waals surface area contributed by atoms with Gasteiger partial charge in [-0.25, -0.2) is 24.0 Å². The number of aliphatic hydroxyl groups is 2. The van der Waals surface area contributed by atoms with Gasteiger partial charge in [-0.3, -0.25) is 71.9 Å². The highest BCUT2D eigenvalue weighted by Gasteiger charge is 2.57. The number of benzene rings is 5. The number of carboxylic acid groups (broad SMARTS) is 2. The number of esters is 15. The Morgan fingerprint density at radius 3 is 0.809 bits per heavy atom. The van der Waals surface area contributed by atoms with Crippen LogP contribution in [0.3, 0.4) is 0 Å². The molecule has 770 valence electrons. The molecule has 5 aromatic carbocycles.